The van der Waals surface area contributed by atoms with Crippen LogP contribution < -0.4 is 16.4 Å². The molecule has 1 aromatic carbocycles. The van der Waals surface area contributed by atoms with Crippen molar-refractivity contribution < 1.29 is 0 Å². The van der Waals surface area contributed by atoms with Gasteiger partial charge in [-0.2, -0.15) is 11.8 Å². The SMILES string of the molecule is CSC.NCc1cc(Cl)c(NC2=NCCN2)c(Cl)c1.[B]. The van der Waals surface area contributed by atoms with Crippen molar-refractivity contribution in [3.8, 4) is 0 Å². The Labute approximate surface area is 136 Å². The van der Waals surface area contributed by atoms with E-state index in [0.29, 0.717) is 28.2 Å². The van der Waals surface area contributed by atoms with Gasteiger partial charge in [0, 0.05) is 21.5 Å². The lowest BCUT2D eigenvalue weighted by molar-refractivity contribution is 0.959. The second-order valence-corrected chi connectivity index (χ2v) is 5.46. The zero-order valence-corrected chi connectivity index (χ0v) is 13.9. The highest BCUT2D eigenvalue weighted by Crippen LogP contribution is 2.31. The molecule has 0 saturated carbocycles. The van der Waals surface area contributed by atoms with Crippen LogP contribution in [0.2, 0.25) is 10.0 Å². The third kappa shape index (κ3) is 5.83. The summed E-state index contributed by atoms with van der Waals surface area (Å²) in [5.74, 6) is 0.698. The first-order chi connectivity index (χ1) is 9.12. The lowest BCUT2D eigenvalue weighted by atomic mass is 10.2. The minimum atomic E-state index is 0. The number of nitrogens with one attached hydrogen (secondary N) is 2. The van der Waals surface area contributed by atoms with Crippen LogP contribution in [-0.2, 0) is 6.54 Å². The molecule has 0 spiro atoms. The normalized spacial score (nSPS) is 12.6. The summed E-state index contributed by atoms with van der Waals surface area (Å²) in [5.41, 5.74) is 7.09. The Morgan fingerprint density at radius 3 is 2.30 bits per heavy atom. The van der Waals surface area contributed by atoms with Crippen molar-refractivity contribution in [1.82, 2.24) is 5.32 Å². The fourth-order valence-corrected chi connectivity index (χ4v) is 2.09. The smallest absolute Gasteiger partial charge is 0.196 e. The number of rotatable bonds is 2. The maximum absolute atomic E-state index is 6.11. The molecule has 3 radical (unpaired) electrons. The second kappa shape index (κ2) is 10.2. The Balaban J connectivity index is 0.000000830. The van der Waals surface area contributed by atoms with E-state index in [1.54, 1.807) is 23.9 Å². The van der Waals surface area contributed by atoms with Crippen molar-refractivity contribution in [3.63, 3.8) is 0 Å². The summed E-state index contributed by atoms with van der Waals surface area (Å²) in [6.45, 7) is 2.01. The summed E-state index contributed by atoms with van der Waals surface area (Å²) >= 11 is 14.0. The number of aliphatic imine (C=N–C) groups is 1. The Kier molecular flexibility index (Phi) is 9.93. The molecule has 1 aliphatic heterocycles. The molecule has 0 saturated heterocycles. The minimum absolute atomic E-state index is 0. The Hall–Kier alpha value is -0.555. The molecular formula is C12H18BCl2N4S. The number of nitrogens with two attached hydrogens (primary N) is 1. The summed E-state index contributed by atoms with van der Waals surface area (Å²) in [6, 6.07) is 3.59. The van der Waals surface area contributed by atoms with Gasteiger partial charge in [0.25, 0.3) is 0 Å². The van der Waals surface area contributed by atoms with Gasteiger partial charge < -0.3 is 16.4 Å². The highest BCUT2D eigenvalue weighted by atomic mass is 35.5. The van der Waals surface area contributed by atoms with Crippen LogP contribution in [0, 0.1) is 0 Å². The molecule has 2 rings (SSSR count). The first-order valence-corrected chi connectivity index (χ1v) is 8.14. The van der Waals surface area contributed by atoms with Crippen molar-refractivity contribution in [2.24, 2.45) is 10.7 Å². The molecule has 0 bridgehead atoms. The largest absolute Gasteiger partial charge is 0.354 e. The van der Waals surface area contributed by atoms with E-state index in [1.165, 1.54) is 0 Å². The van der Waals surface area contributed by atoms with Gasteiger partial charge >= 0.3 is 0 Å². The molecule has 1 aromatic rings. The van der Waals surface area contributed by atoms with Gasteiger partial charge in [-0.25, -0.2) is 0 Å². The molecule has 0 unspecified atom stereocenters. The van der Waals surface area contributed by atoms with Crippen molar-refractivity contribution in [3.05, 3.63) is 27.7 Å². The monoisotopic (exact) mass is 331 g/mol. The van der Waals surface area contributed by atoms with E-state index in [9.17, 15) is 0 Å². The van der Waals surface area contributed by atoms with Gasteiger partial charge in [0.2, 0.25) is 0 Å². The molecule has 109 valence electrons. The second-order valence-electron chi connectivity index (χ2n) is 3.83. The van der Waals surface area contributed by atoms with E-state index in [0.717, 1.165) is 18.7 Å². The summed E-state index contributed by atoms with van der Waals surface area (Å²) in [6.07, 6.45) is 4.08. The van der Waals surface area contributed by atoms with Gasteiger partial charge in [-0.3, -0.25) is 4.99 Å². The number of hydrogen-bond donors (Lipinski definition) is 3. The third-order valence-electron chi connectivity index (χ3n) is 2.26. The van der Waals surface area contributed by atoms with Gasteiger partial charge in [-0.15, -0.1) is 0 Å². The number of benzene rings is 1. The molecule has 0 aromatic heterocycles. The van der Waals surface area contributed by atoms with E-state index in [1.807, 2.05) is 12.5 Å². The van der Waals surface area contributed by atoms with Gasteiger partial charge in [-0.1, -0.05) is 23.2 Å². The number of hydrogen-bond acceptors (Lipinski definition) is 5. The van der Waals surface area contributed by atoms with Gasteiger partial charge in [0.1, 0.15) is 0 Å². The molecule has 0 amide bonds. The number of thioether (sulfide) groups is 1. The third-order valence-corrected chi connectivity index (χ3v) is 2.85. The van der Waals surface area contributed by atoms with E-state index in [2.05, 4.69) is 15.6 Å². The molecule has 1 heterocycles. The highest BCUT2D eigenvalue weighted by Gasteiger charge is 2.11. The molecule has 20 heavy (non-hydrogen) atoms. The maximum Gasteiger partial charge on any atom is 0.196 e. The number of nitrogens with zero attached hydrogens (tertiary/aromatic N) is 1. The van der Waals surface area contributed by atoms with Gasteiger partial charge in [0.15, 0.2) is 5.96 Å². The van der Waals surface area contributed by atoms with Crippen LogP contribution in [-0.4, -0.2) is 40.0 Å². The van der Waals surface area contributed by atoms with Crippen LogP contribution in [0.1, 0.15) is 5.56 Å². The summed E-state index contributed by atoms with van der Waals surface area (Å²) in [5, 5.41) is 7.24. The summed E-state index contributed by atoms with van der Waals surface area (Å²) in [7, 11) is 0. The number of guanidine groups is 1. The molecule has 0 aliphatic carbocycles. The molecule has 4 nitrogen and oxygen atoms in total. The predicted molar refractivity (Wildman–Crippen MR) is 93.5 cm³/mol. The van der Waals surface area contributed by atoms with Crippen LogP contribution in [0.25, 0.3) is 0 Å². The van der Waals surface area contributed by atoms with E-state index >= 15 is 0 Å². The highest BCUT2D eigenvalue weighted by molar-refractivity contribution is 7.97. The zero-order chi connectivity index (χ0) is 14.3. The van der Waals surface area contributed by atoms with Gasteiger partial charge in [0.05, 0.1) is 22.3 Å². The lowest BCUT2D eigenvalue weighted by Crippen LogP contribution is -2.26. The summed E-state index contributed by atoms with van der Waals surface area (Å²) < 4.78 is 0. The standard InChI is InChI=1S/C10H12Cl2N4.C2H6S.B/c11-7-3-6(5-13)4-8(12)9(7)16-10-14-1-2-15-10;1-3-2;/h3-4H,1-2,5,13H2,(H2,14,15,16);1-2H3;. The fourth-order valence-electron chi connectivity index (χ4n) is 1.46. The Morgan fingerprint density at radius 1 is 1.35 bits per heavy atom. The molecule has 8 heteroatoms. The maximum atomic E-state index is 6.11. The molecule has 4 N–H and O–H groups in total. The van der Waals surface area contributed by atoms with E-state index in [-0.39, 0.29) is 8.41 Å². The first-order valence-electron chi connectivity index (χ1n) is 5.75. The average molecular weight is 332 g/mol. The van der Waals surface area contributed by atoms with Gasteiger partial charge in [-0.05, 0) is 30.2 Å². The van der Waals surface area contributed by atoms with Crippen molar-refractivity contribution in [1.29, 1.82) is 0 Å². The topological polar surface area (TPSA) is 62.4 Å². The lowest BCUT2D eigenvalue weighted by Gasteiger charge is -2.11. The Bertz CT molecular complexity index is 434. The molecular weight excluding hydrogens is 314 g/mol. The quantitative estimate of drug-likeness (QED) is 0.728. The van der Waals surface area contributed by atoms with Crippen LogP contribution in [0.3, 0.4) is 0 Å². The van der Waals surface area contributed by atoms with Crippen LogP contribution in [0.4, 0.5) is 5.69 Å². The van der Waals surface area contributed by atoms with Crippen LogP contribution in [0.5, 0.6) is 0 Å². The number of halogens is 2. The minimum Gasteiger partial charge on any atom is -0.354 e. The molecule has 0 atom stereocenters. The van der Waals surface area contributed by atoms with Crippen LogP contribution >= 0.6 is 35.0 Å². The predicted octanol–water partition coefficient (Wildman–Crippen LogP) is 2.42. The summed E-state index contributed by atoms with van der Waals surface area (Å²) in [4.78, 5) is 4.21. The van der Waals surface area contributed by atoms with Crippen molar-refractivity contribution in [2.75, 3.05) is 30.9 Å². The van der Waals surface area contributed by atoms with Crippen LogP contribution in [0.15, 0.2) is 17.1 Å². The first kappa shape index (κ1) is 19.4. The Morgan fingerprint density at radius 2 is 1.90 bits per heavy atom. The van der Waals surface area contributed by atoms with Crippen molar-refractivity contribution >= 4 is 55.0 Å². The molecule has 1 aliphatic rings. The van der Waals surface area contributed by atoms with E-state index < -0.39 is 0 Å². The van der Waals surface area contributed by atoms with E-state index in [4.69, 9.17) is 28.9 Å². The zero-order valence-electron chi connectivity index (χ0n) is 11.5. The van der Waals surface area contributed by atoms with Crippen molar-refractivity contribution in [2.45, 2.75) is 6.54 Å². The number of anilines is 1. The average Bonchev–Trinajstić information content (AvgIpc) is 2.87. The fraction of sp³-hybridized carbons (Fsp3) is 0.417. The molecule has 0 fully saturated rings.